The standard InChI is InChI=1S/C25H41NO5/c27-25(28)31-22-16-14-12-10-8-6-4-2-1-3-5-7-9-11-13-15-17-23-18-20-24(21-19-23)26(29)30/h18-21H,1-17,22H2,(H,27,28). The van der Waals surface area contributed by atoms with Gasteiger partial charge in [-0.05, 0) is 24.8 Å². The van der Waals surface area contributed by atoms with E-state index >= 15 is 0 Å². The van der Waals surface area contributed by atoms with Crippen LogP contribution in [0.5, 0.6) is 0 Å². The summed E-state index contributed by atoms with van der Waals surface area (Å²) < 4.78 is 4.49. The Bertz CT molecular complexity index is 588. The van der Waals surface area contributed by atoms with Crippen molar-refractivity contribution in [3.05, 3.63) is 39.9 Å². The number of unbranched alkanes of at least 4 members (excludes halogenated alkanes) is 15. The number of ether oxygens (including phenoxy) is 1. The van der Waals surface area contributed by atoms with E-state index in [-0.39, 0.29) is 10.6 Å². The third-order valence-corrected chi connectivity index (χ3v) is 5.73. The van der Waals surface area contributed by atoms with Crippen LogP contribution < -0.4 is 0 Å². The maximum Gasteiger partial charge on any atom is 0.505 e. The molecule has 31 heavy (non-hydrogen) atoms. The average molecular weight is 436 g/mol. The van der Waals surface area contributed by atoms with Crippen molar-refractivity contribution in [3.63, 3.8) is 0 Å². The lowest BCUT2D eigenvalue weighted by atomic mass is 10.0. The van der Waals surface area contributed by atoms with Gasteiger partial charge in [0.15, 0.2) is 0 Å². The van der Waals surface area contributed by atoms with Crippen LogP contribution in [0.2, 0.25) is 0 Å². The molecule has 6 heteroatoms. The number of benzene rings is 1. The van der Waals surface area contributed by atoms with Gasteiger partial charge >= 0.3 is 6.16 Å². The van der Waals surface area contributed by atoms with E-state index in [1.807, 2.05) is 12.1 Å². The Hall–Kier alpha value is -2.11. The summed E-state index contributed by atoms with van der Waals surface area (Å²) in [5.41, 5.74) is 1.36. The van der Waals surface area contributed by atoms with Gasteiger partial charge in [0.05, 0.1) is 11.5 Å². The summed E-state index contributed by atoms with van der Waals surface area (Å²) in [6, 6.07) is 6.94. The zero-order valence-corrected chi connectivity index (χ0v) is 19.1. The average Bonchev–Trinajstić information content (AvgIpc) is 2.75. The molecule has 0 unspecified atom stereocenters. The van der Waals surface area contributed by atoms with Crippen LogP contribution in [0, 0.1) is 10.1 Å². The number of non-ortho nitro benzene ring substituents is 1. The molecule has 0 fully saturated rings. The Balaban J connectivity index is 1.76. The van der Waals surface area contributed by atoms with Crippen molar-refractivity contribution in [1.82, 2.24) is 0 Å². The van der Waals surface area contributed by atoms with Crippen molar-refractivity contribution >= 4 is 11.8 Å². The predicted molar refractivity (Wildman–Crippen MR) is 125 cm³/mol. The maximum atomic E-state index is 10.7. The van der Waals surface area contributed by atoms with Gasteiger partial charge in [0.1, 0.15) is 0 Å². The summed E-state index contributed by atoms with van der Waals surface area (Å²) in [6.45, 7) is 0.331. The third kappa shape index (κ3) is 16.3. The van der Waals surface area contributed by atoms with Crippen LogP contribution >= 0.6 is 0 Å². The first-order valence-corrected chi connectivity index (χ1v) is 12.2. The van der Waals surface area contributed by atoms with E-state index in [1.54, 1.807) is 12.1 Å². The number of nitro benzene ring substituents is 1. The van der Waals surface area contributed by atoms with E-state index in [1.165, 1.54) is 89.0 Å². The molecule has 0 spiro atoms. The van der Waals surface area contributed by atoms with E-state index in [2.05, 4.69) is 4.74 Å². The number of carboxylic acid groups (broad SMARTS) is 1. The van der Waals surface area contributed by atoms with Crippen molar-refractivity contribution in [2.45, 2.75) is 109 Å². The first kappa shape index (κ1) is 26.9. The summed E-state index contributed by atoms with van der Waals surface area (Å²) in [5, 5.41) is 19.0. The van der Waals surface area contributed by atoms with Gasteiger partial charge in [-0.3, -0.25) is 10.1 Å². The molecule has 0 aliphatic heterocycles. The molecule has 6 nitrogen and oxygen atoms in total. The van der Waals surface area contributed by atoms with E-state index in [9.17, 15) is 14.9 Å². The van der Waals surface area contributed by atoms with Gasteiger partial charge in [0.2, 0.25) is 0 Å². The van der Waals surface area contributed by atoms with E-state index in [0.717, 1.165) is 25.7 Å². The summed E-state index contributed by atoms with van der Waals surface area (Å²) >= 11 is 0. The summed E-state index contributed by atoms with van der Waals surface area (Å²) in [7, 11) is 0. The van der Waals surface area contributed by atoms with Crippen molar-refractivity contribution < 1.29 is 19.6 Å². The van der Waals surface area contributed by atoms with E-state index in [0.29, 0.717) is 6.61 Å². The van der Waals surface area contributed by atoms with Gasteiger partial charge in [0.25, 0.3) is 5.69 Å². The third-order valence-electron chi connectivity index (χ3n) is 5.73. The van der Waals surface area contributed by atoms with Crippen molar-refractivity contribution in [3.8, 4) is 0 Å². The Morgan fingerprint density at radius 2 is 1.10 bits per heavy atom. The molecular formula is C25H41NO5. The number of rotatable bonds is 20. The van der Waals surface area contributed by atoms with Crippen molar-refractivity contribution in [1.29, 1.82) is 0 Å². The topological polar surface area (TPSA) is 89.7 Å². The number of nitrogens with zero attached hydrogens (tertiary/aromatic N) is 1. The number of hydrogen-bond donors (Lipinski definition) is 1. The molecule has 1 aromatic carbocycles. The van der Waals surface area contributed by atoms with E-state index in [4.69, 9.17) is 5.11 Å². The SMILES string of the molecule is O=C(O)OCCCCCCCCCCCCCCCCCCc1ccc([N+](=O)[O-])cc1. The fraction of sp³-hybridized carbons (Fsp3) is 0.720. The van der Waals surface area contributed by atoms with Gasteiger partial charge < -0.3 is 9.84 Å². The molecule has 0 atom stereocenters. The van der Waals surface area contributed by atoms with Gasteiger partial charge in [0, 0.05) is 12.1 Å². The van der Waals surface area contributed by atoms with Crippen LogP contribution in [0.4, 0.5) is 10.5 Å². The quantitative estimate of drug-likeness (QED) is 0.0967. The summed E-state index contributed by atoms with van der Waals surface area (Å²) in [6.07, 6.45) is 19.9. The number of hydrogen-bond acceptors (Lipinski definition) is 4. The first-order chi connectivity index (χ1) is 15.1. The van der Waals surface area contributed by atoms with Gasteiger partial charge in [-0.1, -0.05) is 102 Å². The Kier molecular flexibility index (Phi) is 16.2. The zero-order valence-electron chi connectivity index (χ0n) is 19.1. The van der Waals surface area contributed by atoms with Crippen LogP contribution in [0.15, 0.2) is 24.3 Å². The van der Waals surface area contributed by atoms with Crippen LogP contribution in [-0.2, 0) is 11.2 Å². The minimum absolute atomic E-state index is 0.168. The molecule has 0 aliphatic rings. The monoisotopic (exact) mass is 435 g/mol. The molecule has 1 N–H and O–H groups in total. The van der Waals surface area contributed by atoms with Crippen LogP contribution in [-0.4, -0.2) is 22.8 Å². The highest BCUT2D eigenvalue weighted by Gasteiger charge is 2.03. The molecule has 0 saturated carbocycles. The maximum absolute atomic E-state index is 10.7. The van der Waals surface area contributed by atoms with Crippen LogP contribution in [0.25, 0.3) is 0 Å². The van der Waals surface area contributed by atoms with Crippen LogP contribution in [0.3, 0.4) is 0 Å². The second kappa shape index (κ2) is 18.6. The van der Waals surface area contributed by atoms with Crippen LogP contribution in [0.1, 0.15) is 108 Å². The van der Waals surface area contributed by atoms with Crippen molar-refractivity contribution in [2.24, 2.45) is 0 Å². The molecule has 0 aliphatic carbocycles. The first-order valence-electron chi connectivity index (χ1n) is 12.2. The van der Waals surface area contributed by atoms with Crippen molar-refractivity contribution in [2.75, 3.05) is 6.61 Å². The fourth-order valence-electron chi connectivity index (χ4n) is 3.85. The number of aryl methyl sites for hydroxylation is 1. The second-order valence-electron chi connectivity index (χ2n) is 8.44. The summed E-state index contributed by atoms with van der Waals surface area (Å²) in [5.74, 6) is 0. The smallest absolute Gasteiger partial charge is 0.450 e. The summed E-state index contributed by atoms with van der Waals surface area (Å²) in [4.78, 5) is 20.5. The Morgan fingerprint density at radius 1 is 0.710 bits per heavy atom. The molecule has 0 amide bonds. The Labute approximate surface area is 187 Å². The molecule has 1 aromatic rings. The lowest BCUT2D eigenvalue weighted by Gasteiger charge is -2.04. The van der Waals surface area contributed by atoms with Gasteiger partial charge in [-0.15, -0.1) is 0 Å². The normalized spacial score (nSPS) is 10.8. The molecule has 1 rings (SSSR count). The number of nitro groups is 1. The Morgan fingerprint density at radius 3 is 1.48 bits per heavy atom. The molecular weight excluding hydrogens is 394 g/mol. The lowest BCUT2D eigenvalue weighted by molar-refractivity contribution is -0.384. The molecule has 0 aromatic heterocycles. The lowest BCUT2D eigenvalue weighted by Crippen LogP contribution is -2.01. The molecule has 0 radical (unpaired) electrons. The largest absolute Gasteiger partial charge is 0.505 e. The van der Waals surface area contributed by atoms with E-state index < -0.39 is 6.16 Å². The second-order valence-corrected chi connectivity index (χ2v) is 8.44. The van der Waals surface area contributed by atoms with Gasteiger partial charge in [-0.2, -0.15) is 0 Å². The minimum atomic E-state index is -1.17. The molecule has 0 heterocycles. The number of carbonyl (C=O) groups is 1. The molecule has 0 bridgehead atoms. The fourth-order valence-corrected chi connectivity index (χ4v) is 3.85. The zero-order chi connectivity index (χ0) is 22.6. The molecule has 176 valence electrons. The highest BCUT2D eigenvalue weighted by molar-refractivity contribution is 5.56. The highest BCUT2D eigenvalue weighted by atomic mass is 16.7. The van der Waals surface area contributed by atoms with Gasteiger partial charge in [-0.25, -0.2) is 4.79 Å². The predicted octanol–water partition coefficient (Wildman–Crippen LogP) is 8.07. The highest BCUT2D eigenvalue weighted by Crippen LogP contribution is 2.16. The molecule has 0 saturated heterocycles. The minimum Gasteiger partial charge on any atom is -0.450 e.